The summed E-state index contributed by atoms with van der Waals surface area (Å²) >= 11 is 0. The van der Waals surface area contributed by atoms with Gasteiger partial charge < -0.3 is 16.0 Å². The first-order chi connectivity index (χ1) is 12.0. The van der Waals surface area contributed by atoms with Gasteiger partial charge in [0.2, 0.25) is 5.91 Å². The van der Waals surface area contributed by atoms with E-state index in [4.69, 9.17) is 0 Å². The molecule has 3 amide bonds. The fourth-order valence-electron chi connectivity index (χ4n) is 3.74. The van der Waals surface area contributed by atoms with Crippen LogP contribution in [0.5, 0.6) is 0 Å². The van der Waals surface area contributed by atoms with Gasteiger partial charge >= 0.3 is 6.03 Å². The lowest BCUT2D eigenvalue weighted by Gasteiger charge is -2.29. The third-order valence-electron chi connectivity index (χ3n) is 5.29. The van der Waals surface area contributed by atoms with E-state index in [9.17, 15) is 9.59 Å². The van der Waals surface area contributed by atoms with Gasteiger partial charge in [0.1, 0.15) is 6.04 Å². The maximum Gasteiger partial charge on any atom is 0.315 e. The van der Waals surface area contributed by atoms with Crippen LogP contribution in [0.2, 0.25) is 0 Å². The lowest BCUT2D eigenvalue weighted by Crippen LogP contribution is -2.57. The summed E-state index contributed by atoms with van der Waals surface area (Å²) in [4.78, 5) is 26.6. The SMILES string of the molecule is C[C@@H]1CN(Cc2ccccc2)C[C@@H]1NC(=O)N[C@H]1C(=O)NCC[C@@H]1C. The van der Waals surface area contributed by atoms with E-state index >= 15 is 0 Å². The summed E-state index contributed by atoms with van der Waals surface area (Å²) in [5.74, 6) is 0.459. The third kappa shape index (κ3) is 4.51. The Bertz CT molecular complexity index is 607. The van der Waals surface area contributed by atoms with E-state index in [1.807, 2.05) is 25.1 Å². The van der Waals surface area contributed by atoms with Gasteiger partial charge in [0, 0.05) is 32.2 Å². The Labute approximate surface area is 149 Å². The predicted octanol–water partition coefficient (Wildman–Crippen LogP) is 1.33. The van der Waals surface area contributed by atoms with Crippen LogP contribution < -0.4 is 16.0 Å². The highest BCUT2D eigenvalue weighted by Gasteiger charge is 2.33. The number of rotatable bonds is 4. The topological polar surface area (TPSA) is 73.5 Å². The highest BCUT2D eigenvalue weighted by Crippen LogP contribution is 2.19. The first kappa shape index (κ1) is 17.7. The van der Waals surface area contributed by atoms with Crippen LogP contribution in [-0.2, 0) is 11.3 Å². The molecule has 3 N–H and O–H groups in total. The predicted molar refractivity (Wildman–Crippen MR) is 96.9 cm³/mol. The maximum absolute atomic E-state index is 12.3. The molecule has 2 heterocycles. The highest BCUT2D eigenvalue weighted by molar-refractivity contribution is 5.87. The fraction of sp³-hybridized carbons (Fsp3) is 0.579. The number of urea groups is 1. The van der Waals surface area contributed by atoms with Crippen LogP contribution in [0.4, 0.5) is 4.79 Å². The quantitative estimate of drug-likeness (QED) is 0.771. The summed E-state index contributed by atoms with van der Waals surface area (Å²) in [6, 6.07) is 9.79. The average Bonchev–Trinajstić information content (AvgIpc) is 2.91. The highest BCUT2D eigenvalue weighted by atomic mass is 16.2. The molecule has 136 valence electrons. The van der Waals surface area contributed by atoms with Crippen LogP contribution in [0.15, 0.2) is 30.3 Å². The van der Waals surface area contributed by atoms with Gasteiger partial charge in [0.05, 0.1) is 0 Å². The number of benzene rings is 1. The van der Waals surface area contributed by atoms with Crippen molar-refractivity contribution in [1.82, 2.24) is 20.9 Å². The number of nitrogens with one attached hydrogen (secondary N) is 3. The van der Waals surface area contributed by atoms with Crippen molar-refractivity contribution < 1.29 is 9.59 Å². The normalized spacial score (nSPS) is 29.9. The molecule has 2 aliphatic rings. The van der Waals surface area contributed by atoms with E-state index in [0.717, 1.165) is 26.1 Å². The zero-order valence-electron chi connectivity index (χ0n) is 15.0. The van der Waals surface area contributed by atoms with Crippen molar-refractivity contribution in [3.05, 3.63) is 35.9 Å². The van der Waals surface area contributed by atoms with E-state index in [1.165, 1.54) is 5.56 Å². The number of likely N-dealkylation sites (tertiary alicyclic amines) is 1. The Balaban J connectivity index is 1.50. The molecule has 2 saturated heterocycles. The molecule has 0 aliphatic carbocycles. The largest absolute Gasteiger partial charge is 0.354 e. The lowest BCUT2D eigenvalue weighted by atomic mass is 9.94. The molecule has 6 heteroatoms. The van der Waals surface area contributed by atoms with Crippen LogP contribution in [0.3, 0.4) is 0 Å². The van der Waals surface area contributed by atoms with Crippen LogP contribution >= 0.6 is 0 Å². The Morgan fingerprint density at radius 2 is 1.92 bits per heavy atom. The molecule has 0 saturated carbocycles. The van der Waals surface area contributed by atoms with Crippen molar-refractivity contribution in [3.8, 4) is 0 Å². The lowest BCUT2D eigenvalue weighted by molar-refractivity contribution is -0.125. The number of amides is 3. The maximum atomic E-state index is 12.3. The molecule has 0 bridgehead atoms. The van der Waals surface area contributed by atoms with E-state index < -0.39 is 6.04 Å². The minimum absolute atomic E-state index is 0.0842. The molecule has 2 aliphatic heterocycles. The van der Waals surface area contributed by atoms with Crippen LogP contribution in [0, 0.1) is 11.8 Å². The number of hydrogen-bond donors (Lipinski definition) is 3. The number of nitrogens with zero attached hydrogens (tertiary/aromatic N) is 1. The molecule has 4 atom stereocenters. The summed E-state index contributed by atoms with van der Waals surface area (Å²) in [5.41, 5.74) is 1.28. The number of carbonyl (C=O) groups is 2. The monoisotopic (exact) mass is 344 g/mol. The van der Waals surface area contributed by atoms with Gasteiger partial charge in [-0.1, -0.05) is 44.2 Å². The summed E-state index contributed by atoms with van der Waals surface area (Å²) < 4.78 is 0. The van der Waals surface area contributed by atoms with Crippen LogP contribution in [0.1, 0.15) is 25.8 Å². The average molecular weight is 344 g/mol. The first-order valence-corrected chi connectivity index (χ1v) is 9.14. The summed E-state index contributed by atoms with van der Waals surface area (Å²) in [7, 11) is 0. The summed E-state index contributed by atoms with van der Waals surface area (Å²) in [5, 5.41) is 8.73. The van der Waals surface area contributed by atoms with E-state index in [0.29, 0.717) is 12.5 Å². The molecule has 0 unspecified atom stereocenters. The van der Waals surface area contributed by atoms with E-state index in [1.54, 1.807) is 0 Å². The van der Waals surface area contributed by atoms with Crippen molar-refractivity contribution in [2.75, 3.05) is 19.6 Å². The molecule has 1 aromatic carbocycles. The van der Waals surface area contributed by atoms with Gasteiger partial charge in [-0.05, 0) is 23.8 Å². The molecular weight excluding hydrogens is 316 g/mol. The van der Waals surface area contributed by atoms with E-state index in [-0.39, 0.29) is 23.9 Å². The minimum Gasteiger partial charge on any atom is -0.354 e. The van der Waals surface area contributed by atoms with Gasteiger partial charge in [-0.2, -0.15) is 0 Å². The molecule has 6 nitrogen and oxygen atoms in total. The zero-order chi connectivity index (χ0) is 17.8. The Morgan fingerprint density at radius 3 is 2.64 bits per heavy atom. The minimum atomic E-state index is -0.439. The van der Waals surface area contributed by atoms with E-state index in [2.05, 4.69) is 39.9 Å². The van der Waals surface area contributed by atoms with Gasteiger partial charge in [-0.15, -0.1) is 0 Å². The third-order valence-corrected chi connectivity index (χ3v) is 5.29. The Hall–Kier alpha value is -2.08. The first-order valence-electron chi connectivity index (χ1n) is 9.14. The molecule has 3 rings (SSSR count). The zero-order valence-corrected chi connectivity index (χ0v) is 15.0. The number of piperidine rings is 1. The van der Waals surface area contributed by atoms with Crippen molar-refractivity contribution in [3.63, 3.8) is 0 Å². The van der Waals surface area contributed by atoms with Crippen molar-refractivity contribution in [2.24, 2.45) is 11.8 Å². The van der Waals surface area contributed by atoms with Gasteiger partial charge in [-0.3, -0.25) is 9.69 Å². The van der Waals surface area contributed by atoms with Crippen molar-refractivity contribution in [2.45, 2.75) is 38.9 Å². The summed E-state index contributed by atoms with van der Waals surface area (Å²) in [6.45, 7) is 7.53. The number of hydrogen-bond acceptors (Lipinski definition) is 3. The van der Waals surface area contributed by atoms with Crippen LogP contribution in [-0.4, -0.2) is 48.6 Å². The molecule has 0 aromatic heterocycles. The molecule has 0 spiro atoms. The molecular formula is C19H28N4O2. The second kappa shape index (κ2) is 7.87. The van der Waals surface area contributed by atoms with Crippen LogP contribution in [0.25, 0.3) is 0 Å². The second-order valence-corrected chi connectivity index (χ2v) is 7.42. The Kier molecular flexibility index (Phi) is 5.58. The van der Waals surface area contributed by atoms with Gasteiger partial charge in [0.25, 0.3) is 0 Å². The molecule has 2 fully saturated rings. The van der Waals surface area contributed by atoms with Crippen molar-refractivity contribution in [1.29, 1.82) is 0 Å². The standard InChI is InChI=1S/C19H28N4O2/c1-13-8-9-20-18(24)17(13)22-19(25)21-16-12-23(10-14(16)2)11-15-6-4-3-5-7-15/h3-7,13-14,16-17H,8-12H2,1-2H3,(H,20,24)(H2,21,22,25)/t13-,14+,16-,17+/m0/s1. The Morgan fingerprint density at radius 1 is 1.16 bits per heavy atom. The molecule has 0 radical (unpaired) electrons. The smallest absolute Gasteiger partial charge is 0.315 e. The molecule has 25 heavy (non-hydrogen) atoms. The van der Waals surface area contributed by atoms with Gasteiger partial charge in [-0.25, -0.2) is 4.79 Å². The second-order valence-electron chi connectivity index (χ2n) is 7.42. The number of carbonyl (C=O) groups excluding carboxylic acids is 2. The molecule has 1 aromatic rings. The summed E-state index contributed by atoms with van der Waals surface area (Å²) in [6.07, 6.45) is 0.890. The van der Waals surface area contributed by atoms with Gasteiger partial charge in [0.15, 0.2) is 0 Å². The fourth-order valence-corrected chi connectivity index (χ4v) is 3.74. The van der Waals surface area contributed by atoms with Crippen molar-refractivity contribution >= 4 is 11.9 Å².